The molecular formula is C14H8BrClF3NO. The van der Waals surface area contributed by atoms with Crippen LogP contribution in [0, 0.1) is 0 Å². The van der Waals surface area contributed by atoms with Crippen molar-refractivity contribution in [3.63, 3.8) is 0 Å². The lowest BCUT2D eigenvalue weighted by Crippen LogP contribution is -2.14. The number of rotatable bonds is 2. The highest BCUT2D eigenvalue weighted by atomic mass is 79.9. The van der Waals surface area contributed by atoms with Gasteiger partial charge in [-0.15, -0.1) is 0 Å². The molecule has 1 amide bonds. The van der Waals surface area contributed by atoms with Crippen LogP contribution in [0.2, 0.25) is 5.02 Å². The number of hydrogen-bond acceptors (Lipinski definition) is 1. The highest BCUT2D eigenvalue weighted by Crippen LogP contribution is 2.35. The number of hydrogen-bond donors (Lipinski definition) is 1. The normalized spacial score (nSPS) is 11.3. The van der Waals surface area contributed by atoms with Gasteiger partial charge in [0, 0.05) is 20.7 Å². The molecule has 0 aliphatic carbocycles. The number of benzene rings is 2. The maximum atomic E-state index is 12.8. The van der Waals surface area contributed by atoms with Crippen molar-refractivity contribution in [3.05, 3.63) is 63.1 Å². The van der Waals surface area contributed by atoms with Gasteiger partial charge >= 0.3 is 6.18 Å². The van der Waals surface area contributed by atoms with E-state index >= 15 is 0 Å². The fourth-order valence-electron chi connectivity index (χ4n) is 1.65. The molecular weight excluding hydrogens is 371 g/mol. The van der Waals surface area contributed by atoms with Crippen molar-refractivity contribution in [1.82, 2.24) is 0 Å². The number of amides is 1. The third-order valence-electron chi connectivity index (χ3n) is 2.62. The van der Waals surface area contributed by atoms with Crippen LogP contribution in [0.5, 0.6) is 0 Å². The van der Waals surface area contributed by atoms with E-state index in [1.807, 2.05) is 0 Å². The molecule has 21 heavy (non-hydrogen) atoms. The van der Waals surface area contributed by atoms with E-state index < -0.39 is 17.6 Å². The number of alkyl halides is 3. The molecule has 7 heteroatoms. The van der Waals surface area contributed by atoms with E-state index in [4.69, 9.17) is 11.6 Å². The first-order valence-corrected chi connectivity index (χ1v) is 6.88. The predicted octanol–water partition coefficient (Wildman–Crippen LogP) is 5.37. The van der Waals surface area contributed by atoms with Crippen LogP contribution in [0.3, 0.4) is 0 Å². The molecule has 2 nitrogen and oxygen atoms in total. The Morgan fingerprint density at radius 3 is 2.48 bits per heavy atom. The summed E-state index contributed by atoms with van der Waals surface area (Å²) in [5, 5.41) is 2.91. The van der Waals surface area contributed by atoms with E-state index in [2.05, 4.69) is 21.2 Å². The standard InChI is InChI=1S/C14H8BrClF3NO/c15-12-5-4-8(6-11(12)14(17,18)19)13(21)20-10-3-1-2-9(16)7-10/h1-7H,(H,20,21). The van der Waals surface area contributed by atoms with Gasteiger partial charge in [0.05, 0.1) is 5.56 Å². The van der Waals surface area contributed by atoms with E-state index in [-0.39, 0.29) is 10.0 Å². The maximum Gasteiger partial charge on any atom is 0.417 e. The first-order chi connectivity index (χ1) is 9.77. The molecule has 0 atom stereocenters. The smallest absolute Gasteiger partial charge is 0.322 e. The quantitative estimate of drug-likeness (QED) is 0.747. The number of carbonyl (C=O) groups is 1. The van der Waals surface area contributed by atoms with E-state index in [0.29, 0.717) is 10.7 Å². The van der Waals surface area contributed by atoms with Crippen molar-refractivity contribution >= 4 is 39.1 Å². The molecule has 0 aliphatic rings. The lowest BCUT2D eigenvalue weighted by molar-refractivity contribution is -0.138. The minimum atomic E-state index is -4.54. The van der Waals surface area contributed by atoms with Crippen molar-refractivity contribution in [2.45, 2.75) is 6.18 Å². The summed E-state index contributed by atoms with van der Waals surface area (Å²) in [6.07, 6.45) is -4.54. The molecule has 2 aromatic carbocycles. The molecule has 0 aromatic heterocycles. The summed E-state index contributed by atoms with van der Waals surface area (Å²) < 4.78 is 38.3. The molecule has 2 aromatic rings. The Labute approximate surface area is 132 Å². The van der Waals surface area contributed by atoms with Crippen LogP contribution < -0.4 is 5.32 Å². The molecule has 0 fully saturated rings. The lowest BCUT2D eigenvalue weighted by Gasteiger charge is -2.11. The van der Waals surface area contributed by atoms with E-state index in [1.165, 1.54) is 18.2 Å². The van der Waals surface area contributed by atoms with Crippen molar-refractivity contribution in [2.75, 3.05) is 5.32 Å². The van der Waals surface area contributed by atoms with Gasteiger partial charge in [0.1, 0.15) is 0 Å². The molecule has 0 spiro atoms. The SMILES string of the molecule is O=C(Nc1cccc(Cl)c1)c1ccc(Br)c(C(F)(F)F)c1. The summed E-state index contributed by atoms with van der Waals surface area (Å²) in [7, 11) is 0. The van der Waals surface area contributed by atoms with Gasteiger partial charge in [-0.25, -0.2) is 0 Å². The van der Waals surface area contributed by atoms with Crippen LogP contribution in [0.25, 0.3) is 0 Å². The van der Waals surface area contributed by atoms with Gasteiger partial charge in [-0.1, -0.05) is 33.6 Å². The van der Waals surface area contributed by atoms with E-state index in [0.717, 1.165) is 6.07 Å². The minimum Gasteiger partial charge on any atom is -0.322 e. The van der Waals surface area contributed by atoms with Gasteiger partial charge in [0.2, 0.25) is 0 Å². The third kappa shape index (κ3) is 3.98. The van der Waals surface area contributed by atoms with Gasteiger partial charge in [-0.05, 0) is 36.4 Å². The first-order valence-electron chi connectivity index (χ1n) is 5.71. The molecule has 110 valence electrons. The molecule has 0 bridgehead atoms. The Morgan fingerprint density at radius 1 is 1.14 bits per heavy atom. The van der Waals surface area contributed by atoms with Crippen LogP contribution in [0.4, 0.5) is 18.9 Å². The number of halogens is 5. The predicted molar refractivity (Wildman–Crippen MR) is 78.5 cm³/mol. The molecule has 0 aliphatic heterocycles. The summed E-state index contributed by atoms with van der Waals surface area (Å²) in [6.45, 7) is 0. The molecule has 0 unspecified atom stereocenters. The summed E-state index contributed by atoms with van der Waals surface area (Å²) in [6, 6.07) is 9.63. The fourth-order valence-corrected chi connectivity index (χ4v) is 2.31. The molecule has 0 radical (unpaired) electrons. The summed E-state index contributed by atoms with van der Waals surface area (Å²) in [5.41, 5.74) is -0.587. The Balaban J connectivity index is 2.28. The Kier molecular flexibility index (Phi) is 4.58. The zero-order valence-corrected chi connectivity index (χ0v) is 12.7. The van der Waals surface area contributed by atoms with Crippen molar-refractivity contribution in [1.29, 1.82) is 0 Å². The molecule has 1 N–H and O–H groups in total. The van der Waals surface area contributed by atoms with Crippen LogP contribution >= 0.6 is 27.5 Å². The van der Waals surface area contributed by atoms with Gasteiger partial charge in [0.15, 0.2) is 0 Å². The highest BCUT2D eigenvalue weighted by molar-refractivity contribution is 9.10. The zero-order chi connectivity index (χ0) is 15.6. The van der Waals surface area contributed by atoms with Crippen LogP contribution in [-0.2, 0) is 6.18 Å². The molecule has 2 rings (SSSR count). The Morgan fingerprint density at radius 2 is 1.86 bits per heavy atom. The van der Waals surface area contributed by atoms with Gasteiger partial charge in [0.25, 0.3) is 5.91 Å². The second-order valence-corrected chi connectivity index (χ2v) is 5.45. The molecule has 0 saturated carbocycles. The molecule has 0 heterocycles. The monoisotopic (exact) mass is 377 g/mol. The summed E-state index contributed by atoms with van der Waals surface area (Å²) >= 11 is 8.60. The van der Waals surface area contributed by atoms with Gasteiger partial charge < -0.3 is 5.32 Å². The second-order valence-electron chi connectivity index (χ2n) is 4.16. The van der Waals surface area contributed by atoms with Gasteiger partial charge in [-0.3, -0.25) is 4.79 Å². The number of nitrogens with one attached hydrogen (secondary N) is 1. The van der Waals surface area contributed by atoms with Crippen LogP contribution in [0.15, 0.2) is 46.9 Å². The van der Waals surface area contributed by atoms with Crippen molar-refractivity contribution < 1.29 is 18.0 Å². The topological polar surface area (TPSA) is 29.1 Å². The lowest BCUT2D eigenvalue weighted by atomic mass is 10.1. The van der Waals surface area contributed by atoms with Crippen LogP contribution in [-0.4, -0.2) is 5.91 Å². The highest BCUT2D eigenvalue weighted by Gasteiger charge is 2.33. The Hall–Kier alpha value is -1.53. The first kappa shape index (κ1) is 15.9. The van der Waals surface area contributed by atoms with Crippen molar-refractivity contribution in [3.8, 4) is 0 Å². The average Bonchev–Trinajstić information content (AvgIpc) is 2.37. The van der Waals surface area contributed by atoms with E-state index in [9.17, 15) is 18.0 Å². The number of carbonyl (C=O) groups excluding carboxylic acids is 1. The second kappa shape index (κ2) is 6.07. The number of anilines is 1. The summed E-state index contributed by atoms with van der Waals surface area (Å²) in [5.74, 6) is -0.643. The Bertz CT molecular complexity index is 688. The van der Waals surface area contributed by atoms with Crippen LogP contribution in [0.1, 0.15) is 15.9 Å². The van der Waals surface area contributed by atoms with Crippen molar-refractivity contribution in [2.24, 2.45) is 0 Å². The largest absolute Gasteiger partial charge is 0.417 e. The van der Waals surface area contributed by atoms with E-state index in [1.54, 1.807) is 18.2 Å². The average molecular weight is 379 g/mol. The summed E-state index contributed by atoms with van der Waals surface area (Å²) in [4.78, 5) is 12.0. The third-order valence-corrected chi connectivity index (χ3v) is 3.54. The minimum absolute atomic E-state index is 0.0921. The fraction of sp³-hybridized carbons (Fsp3) is 0.0714. The van der Waals surface area contributed by atoms with Gasteiger partial charge in [-0.2, -0.15) is 13.2 Å². The maximum absolute atomic E-state index is 12.8. The zero-order valence-electron chi connectivity index (χ0n) is 10.3. The molecule has 0 saturated heterocycles.